The minimum atomic E-state index is 0.277. The molecule has 7 heteroatoms. The van der Waals surface area contributed by atoms with Gasteiger partial charge in [0.15, 0.2) is 5.76 Å². The molecule has 1 spiro atoms. The van der Waals surface area contributed by atoms with Crippen LogP contribution in [0, 0.1) is 32.1 Å². The second-order valence-corrected chi connectivity index (χ2v) is 8.85. The van der Waals surface area contributed by atoms with Crippen molar-refractivity contribution >= 4 is 0 Å². The molecule has 0 bridgehead atoms. The summed E-state index contributed by atoms with van der Waals surface area (Å²) in [4.78, 5) is 4.96. The fraction of sp³-hybridized carbons (Fsp3) is 0.714. The predicted molar refractivity (Wildman–Crippen MR) is 107 cm³/mol. The molecule has 7 nitrogen and oxygen atoms in total. The van der Waals surface area contributed by atoms with E-state index in [1.165, 1.54) is 12.0 Å². The maximum atomic E-state index is 10.2. The Kier molecular flexibility index (Phi) is 5.58. The minimum Gasteiger partial charge on any atom is -0.396 e. The molecule has 2 aliphatic rings. The normalized spacial score (nSPS) is 23.5. The summed E-state index contributed by atoms with van der Waals surface area (Å²) in [5.41, 5.74) is 4.78. The number of rotatable bonds is 5. The van der Waals surface area contributed by atoms with E-state index in [1.54, 1.807) is 0 Å². The average molecular weight is 388 g/mol. The van der Waals surface area contributed by atoms with Crippen LogP contribution in [0.2, 0.25) is 0 Å². The summed E-state index contributed by atoms with van der Waals surface area (Å²) in [6, 6.07) is 2.03. The Labute approximate surface area is 167 Å². The highest BCUT2D eigenvalue weighted by Gasteiger charge is 2.44. The van der Waals surface area contributed by atoms with Gasteiger partial charge in [0.05, 0.1) is 17.9 Å². The zero-order valence-corrected chi connectivity index (χ0v) is 17.4. The van der Waals surface area contributed by atoms with Gasteiger partial charge in [-0.3, -0.25) is 14.9 Å². The van der Waals surface area contributed by atoms with E-state index < -0.39 is 0 Å². The van der Waals surface area contributed by atoms with Crippen LogP contribution in [0.25, 0.3) is 0 Å². The minimum absolute atomic E-state index is 0.277. The van der Waals surface area contributed by atoms with Gasteiger partial charge in [0.25, 0.3) is 0 Å². The van der Waals surface area contributed by atoms with Gasteiger partial charge >= 0.3 is 0 Å². The number of aromatic nitrogens is 3. The molecule has 2 aromatic heterocycles. The van der Waals surface area contributed by atoms with E-state index in [-0.39, 0.29) is 12.0 Å². The van der Waals surface area contributed by atoms with Gasteiger partial charge in [0.2, 0.25) is 0 Å². The first-order valence-corrected chi connectivity index (χ1v) is 10.5. The highest BCUT2D eigenvalue weighted by Crippen LogP contribution is 2.45. The second kappa shape index (κ2) is 7.97. The van der Waals surface area contributed by atoms with Crippen molar-refractivity contribution in [2.45, 2.75) is 53.1 Å². The molecule has 154 valence electrons. The van der Waals surface area contributed by atoms with Crippen LogP contribution in [0.1, 0.15) is 47.7 Å². The lowest BCUT2D eigenvalue weighted by molar-refractivity contribution is -0.0460. The third kappa shape index (κ3) is 3.88. The zero-order valence-electron chi connectivity index (χ0n) is 17.4. The van der Waals surface area contributed by atoms with Crippen LogP contribution in [-0.2, 0) is 13.1 Å². The van der Waals surface area contributed by atoms with Gasteiger partial charge in [-0.15, -0.1) is 0 Å². The number of aliphatic hydroxyl groups is 1. The van der Waals surface area contributed by atoms with Crippen LogP contribution in [0.5, 0.6) is 0 Å². The molecule has 28 heavy (non-hydrogen) atoms. The van der Waals surface area contributed by atoms with Gasteiger partial charge in [-0.1, -0.05) is 5.16 Å². The SMILES string of the molecule is Cc1cc(CN2CCC3(CC2)CCN(Cc2c(C)n[nH]c2C)C[C@H]3CO)on1. The van der Waals surface area contributed by atoms with Gasteiger partial charge in [-0.05, 0) is 65.1 Å². The van der Waals surface area contributed by atoms with E-state index >= 15 is 0 Å². The summed E-state index contributed by atoms with van der Waals surface area (Å²) < 4.78 is 5.38. The summed E-state index contributed by atoms with van der Waals surface area (Å²) in [7, 11) is 0. The number of nitrogens with zero attached hydrogens (tertiary/aromatic N) is 4. The van der Waals surface area contributed by atoms with Crippen molar-refractivity contribution in [2.24, 2.45) is 11.3 Å². The van der Waals surface area contributed by atoms with E-state index in [1.807, 2.05) is 13.0 Å². The summed E-state index contributed by atoms with van der Waals surface area (Å²) in [5.74, 6) is 1.30. The molecule has 4 heterocycles. The van der Waals surface area contributed by atoms with Crippen molar-refractivity contribution in [3.63, 3.8) is 0 Å². The lowest BCUT2D eigenvalue weighted by Crippen LogP contribution is -2.53. The molecule has 0 saturated carbocycles. The topological polar surface area (TPSA) is 81.4 Å². The summed E-state index contributed by atoms with van der Waals surface area (Å²) in [6.45, 7) is 12.4. The first kappa shape index (κ1) is 19.6. The van der Waals surface area contributed by atoms with E-state index in [0.717, 1.165) is 75.0 Å². The van der Waals surface area contributed by atoms with Crippen molar-refractivity contribution in [2.75, 3.05) is 32.8 Å². The lowest BCUT2D eigenvalue weighted by atomic mass is 9.64. The number of hydrogen-bond acceptors (Lipinski definition) is 6. The maximum absolute atomic E-state index is 10.2. The monoisotopic (exact) mass is 387 g/mol. The van der Waals surface area contributed by atoms with E-state index in [0.29, 0.717) is 5.92 Å². The Bertz CT molecular complexity index is 771. The molecule has 2 aliphatic heterocycles. The molecule has 0 amide bonds. The van der Waals surface area contributed by atoms with Crippen LogP contribution in [-0.4, -0.2) is 63.0 Å². The van der Waals surface area contributed by atoms with Crippen LogP contribution in [0.3, 0.4) is 0 Å². The van der Waals surface area contributed by atoms with Gasteiger partial charge in [0.1, 0.15) is 0 Å². The summed E-state index contributed by atoms with van der Waals surface area (Å²) in [6.07, 6.45) is 3.48. The lowest BCUT2D eigenvalue weighted by Gasteiger charge is -2.51. The predicted octanol–water partition coefficient (Wildman–Crippen LogP) is 2.42. The molecule has 2 fully saturated rings. The highest BCUT2D eigenvalue weighted by atomic mass is 16.5. The third-order valence-corrected chi connectivity index (χ3v) is 7.06. The largest absolute Gasteiger partial charge is 0.396 e. The zero-order chi connectivity index (χ0) is 19.7. The highest BCUT2D eigenvalue weighted by molar-refractivity contribution is 5.23. The molecule has 1 atom stereocenters. The van der Waals surface area contributed by atoms with E-state index in [9.17, 15) is 5.11 Å². The molecule has 0 aliphatic carbocycles. The summed E-state index contributed by atoms with van der Waals surface area (Å²) >= 11 is 0. The van der Waals surface area contributed by atoms with Gasteiger partial charge in [0, 0.05) is 42.9 Å². The fourth-order valence-corrected chi connectivity index (χ4v) is 5.13. The number of likely N-dealkylation sites (tertiary alicyclic amines) is 2. The number of H-pyrrole nitrogens is 1. The molecule has 2 aromatic rings. The second-order valence-electron chi connectivity index (χ2n) is 8.85. The molecule has 4 rings (SSSR count). The Morgan fingerprint density at radius 3 is 2.43 bits per heavy atom. The molecular formula is C21H33N5O2. The Morgan fingerprint density at radius 2 is 1.86 bits per heavy atom. The molecule has 0 aromatic carbocycles. The van der Waals surface area contributed by atoms with Crippen molar-refractivity contribution in [3.05, 3.63) is 34.5 Å². The van der Waals surface area contributed by atoms with Crippen LogP contribution < -0.4 is 0 Å². The van der Waals surface area contributed by atoms with Crippen molar-refractivity contribution in [3.8, 4) is 0 Å². The van der Waals surface area contributed by atoms with Crippen LogP contribution in [0.15, 0.2) is 10.6 Å². The molecule has 2 N–H and O–H groups in total. The number of hydrogen-bond donors (Lipinski definition) is 2. The quantitative estimate of drug-likeness (QED) is 0.820. The number of aryl methyl sites for hydroxylation is 3. The Hall–Kier alpha value is -1.70. The van der Waals surface area contributed by atoms with Crippen LogP contribution >= 0.6 is 0 Å². The van der Waals surface area contributed by atoms with Crippen molar-refractivity contribution in [1.82, 2.24) is 25.2 Å². The maximum Gasteiger partial charge on any atom is 0.150 e. The van der Waals surface area contributed by atoms with E-state index in [4.69, 9.17) is 4.52 Å². The molecule has 2 saturated heterocycles. The Morgan fingerprint density at radius 1 is 1.14 bits per heavy atom. The van der Waals surface area contributed by atoms with Gasteiger partial charge in [-0.25, -0.2) is 0 Å². The Balaban J connectivity index is 1.35. The average Bonchev–Trinajstić information content (AvgIpc) is 3.24. The first-order chi connectivity index (χ1) is 13.5. The smallest absolute Gasteiger partial charge is 0.150 e. The standard InChI is InChI=1S/C21H33N5O2/c1-15-10-19(28-24-15)12-25-7-4-21(5-8-25)6-9-26(11-18(21)14-27)13-20-16(2)22-23-17(20)3/h10,18,27H,4-9,11-14H2,1-3H3,(H,22,23)/t18-/m0/s1. The number of nitrogens with one attached hydrogen (secondary N) is 1. The third-order valence-electron chi connectivity index (χ3n) is 7.06. The number of piperidine rings is 2. The van der Waals surface area contributed by atoms with Crippen LogP contribution in [0.4, 0.5) is 0 Å². The van der Waals surface area contributed by atoms with Gasteiger partial charge in [-0.2, -0.15) is 5.10 Å². The molecule has 0 unspecified atom stereocenters. The fourth-order valence-electron chi connectivity index (χ4n) is 5.13. The summed E-state index contributed by atoms with van der Waals surface area (Å²) in [5, 5.41) is 21.6. The van der Waals surface area contributed by atoms with Gasteiger partial charge < -0.3 is 9.63 Å². The number of aliphatic hydroxyl groups excluding tert-OH is 1. The van der Waals surface area contributed by atoms with Crippen molar-refractivity contribution in [1.29, 1.82) is 0 Å². The van der Waals surface area contributed by atoms with E-state index in [2.05, 4.69) is 39.0 Å². The molecule has 0 radical (unpaired) electrons. The molecular weight excluding hydrogens is 354 g/mol. The number of aromatic amines is 1. The first-order valence-electron chi connectivity index (χ1n) is 10.5. The van der Waals surface area contributed by atoms with Crippen molar-refractivity contribution < 1.29 is 9.63 Å².